The number of thiazole rings is 1. The Balaban J connectivity index is 2.18. The summed E-state index contributed by atoms with van der Waals surface area (Å²) < 4.78 is 0. The molecule has 0 aliphatic heterocycles. The molecule has 0 spiro atoms. The molecule has 90 valence electrons. The summed E-state index contributed by atoms with van der Waals surface area (Å²) in [6.07, 6.45) is 5.28. The standard InChI is InChI=1S/C12H20N2OS/c1-3-14(10-6-4-5-7-10)12-13-9(2)11(8-15)16-12/h10,15H,3-8H2,1-2H3. The van der Waals surface area contributed by atoms with Crippen molar-refractivity contribution in [3.8, 4) is 0 Å². The van der Waals surface area contributed by atoms with Crippen LogP contribution in [-0.4, -0.2) is 22.7 Å². The number of hydrogen-bond donors (Lipinski definition) is 1. The van der Waals surface area contributed by atoms with Crippen molar-refractivity contribution >= 4 is 16.5 Å². The number of anilines is 1. The Hall–Kier alpha value is -0.610. The second-order valence-corrected chi connectivity index (χ2v) is 5.45. The summed E-state index contributed by atoms with van der Waals surface area (Å²) in [4.78, 5) is 7.99. The second kappa shape index (κ2) is 5.15. The molecule has 16 heavy (non-hydrogen) atoms. The smallest absolute Gasteiger partial charge is 0.186 e. The van der Waals surface area contributed by atoms with Gasteiger partial charge in [0.15, 0.2) is 5.13 Å². The Kier molecular flexibility index (Phi) is 3.82. The molecule has 1 aliphatic carbocycles. The molecule has 1 N–H and O–H groups in total. The molecule has 4 heteroatoms. The SMILES string of the molecule is CCN(c1nc(C)c(CO)s1)C1CCCC1. The number of aromatic nitrogens is 1. The van der Waals surface area contributed by atoms with Gasteiger partial charge in [-0.25, -0.2) is 4.98 Å². The number of nitrogens with zero attached hydrogens (tertiary/aromatic N) is 2. The number of hydrogen-bond acceptors (Lipinski definition) is 4. The van der Waals surface area contributed by atoms with E-state index in [-0.39, 0.29) is 6.61 Å². The predicted molar refractivity (Wildman–Crippen MR) is 68.0 cm³/mol. The molecule has 0 atom stereocenters. The lowest BCUT2D eigenvalue weighted by Crippen LogP contribution is -2.32. The van der Waals surface area contributed by atoms with Crippen LogP contribution in [0.2, 0.25) is 0 Å². The van der Waals surface area contributed by atoms with E-state index in [9.17, 15) is 5.11 Å². The van der Waals surface area contributed by atoms with Crippen molar-refractivity contribution in [2.45, 2.75) is 52.2 Å². The zero-order valence-corrected chi connectivity index (χ0v) is 10.9. The lowest BCUT2D eigenvalue weighted by atomic mass is 10.2. The third-order valence-corrected chi connectivity index (χ3v) is 4.56. The molecule has 0 saturated heterocycles. The Bertz CT molecular complexity index is 345. The first-order valence-corrected chi connectivity index (χ1v) is 6.91. The average molecular weight is 240 g/mol. The van der Waals surface area contributed by atoms with Gasteiger partial charge in [-0.2, -0.15) is 0 Å². The minimum Gasteiger partial charge on any atom is -0.391 e. The van der Waals surface area contributed by atoms with Gasteiger partial charge >= 0.3 is 0 Å². The highest BCUT2D eigenvalue weighted by atomic mass is 32.1. The summed E-state index contributed by atoms with van der Waals surface area (Å²) in [6.45, 7) is 5.30. The van der Waals surface area contributed by atoms with Crippen LogP contribution in [0.4, 0.5) is 5.13 Å². The van der Waals surface area contributed by atoms with Gasteiger partial charge in [0.25, 0.3) is 0 Å². The first kappa shape index (κ1) is 11.9. The van der Waals surface area contributed by atoms with Crippen LogP contribution in [0, 0.1) is 6.92 Å². The summed E-state index contributed by atoms with van der Waals surface area (Å²) in [5.74, 6) is 0. The molecule has 1 aliphatic rings. The van der Waals surface area contributed by atoms with Gasteiger partial charge in [0, 0.05) is 12.6 Å². The molecule has 1 aromatic heterocycles. The van der Waals surface area contributed by atoms with Crippen LogP contribution < -0.4 is 4.90 Å². The minimum absolute atomic E-state index is 0.117. The average Bonchev–Trinajstić information content (AvgIpc) is 2.89. The molecule has 3 nitrogen and oxygen atoms in total. The molecule has 0 unspecified atom stereocenters. The Morgan fingerprint density at radius 3 is 2.62 bits per heavy atom. The van der Waals surface area contributed by atoms with Crippen molar-refractivity contribution in [2.24, 2.45) is 0 Å². The highest BCUT2D eigenvalue weighted by molar-refractivity contribution is 7.15. The molecule has 0 amide bonds. The number of rotatable bonds is 4. The van der Waals surface area contributed by atoms with Gasteiger partial charge in [-0.3, -0.25) is 0 Å². The van der Waals surface area contributed by atoms with Crippen LogP contribution in [0.1, 0.15) is 43.2 Å². The first-order valence-electron chi connectivity index (χ1n) is 6.10. The summed E-state index contributed by atoms with van der Waals surface area (Å²) in [5, 5.41) is 10.3. The van der Waals surface area contributed by atoms with Crippen molar-refractivity contribution in [3.63, 3.8) is 0 Å². The molecule has 0 radical (unpaired) electrons. The monoisotopic (exact) mass is 240 g/mol. The highest BCUT2D eigenvalue weighted by Crippen LogP contribution is 2.32. The molecular formula is C12H20N2OS. The molecule has 1 aromatic rings. The Morgan fingerprint density at radius 2 is 2.12 bits per heavy atom. The lowest BCUT2D eigenvalue weighted by molar-refractivity contribution is 0.284. The molecular weight excluding hydrogens is 220 g/mol. The molecule has 1 heterocycles. The largest absolute Gasteiger partial charge is 0.391 e. The zero-order chi connectivity index (χ0) is 11.5. The number of aliphatic hydroxyl groups excluding tert-OH is 1. The topological polar surface area (TPSA) is 36.4 Å². The zero-order valence-electron chi connectivity index (χ0n) is 10.1. The summed E-state index contributed by atoms with van der Waals surface area (Å²) in [5.41, 5.74) is 0.985. The molecule has 1 saturated carbocycles. The fourth-order valence-corrected chi connectivity index (χ4v) is 3.50. The van der Waals surface area contributed by atoms with Crippen LogP contribution in [0.25, 0.3) is 0 Å². The Labute approximate surface area is 101 Å². The van der Waals surface area contributed by atoms with Gasteiger partial charge < -0.3 is 10.0 Å². The van der Waals surface area contributed by atoms with Crippen LogP contribution in [0.5, 0.6) is 0 Å². The maximum Gasteiger partial charge on any atom is 0.186 e. The van der Waals surface area contributed by atoms with Crippen molar-refractivity contribution in [1.82, 2.24) is 4.98 Å². The van der Waals surface area contributed by atoms with Crippen LogP contribution in [-0.2, 0) is 6.61 Å². The van der Waals surface area contributed by atoms with Gasteiger partial charge in [-0.1, -0.05) is 24.2 Å². The van der Waals surface area contributed by atoms with E-state index in [1.54, 1.807) is 11.3 Å². The minimum atomic E-state index is 0.117. The van der Waals surface area contributed by atoms with Crippen molar-refractivity contribution in [2.75, 3.05) is 11.4 Å². The van der Waals surface area contributed by atoms with E-state index in [1.165, 1.54) is 25.7 Å². The maximum atomic E-state index is 9.20. The first-order chi connectivity index (χ1) is 7.76. The quantitative estimate of drug-likeness (QED) is 0.879. The third-order valence-electron chi connectivity index (χ3n) is 3.38. The second-order valence-electron chi connectivity index (χ2n) is 4.39. The fraction of sp³-hybridized carbons (Fsp3) is 0.750. The van der Waals surface area contributed by atoms with E-state index < -0.39 is 0 Å². The van der Waals surface area contributed by atoms with E-state index in [1.807, 2.05) is 6.92 Å². The fourth-order valence-electron chi connectivity index (χ4n) is 2.45. The number of aryl methyl sites for hydroxylation is 1. The van der Waals surface area contributed by atoms with E-state index >= 15 is 0 Å². The van der Waals surface area contributed by atoms with Gasteiger partial charge in [0.1, 0.15) is 0 Å². The van der Waals surface area contributed by atoms with E-state index in [4.69, 9.17) is 0 Å². The summed E-state index contributed by atoms with van der Waals surface area (Å²) in [7, 11) is 0. The van der Waals surface area contributed by atoms with Gasteiger partial charge in [0.2, 0.25) is 0 Å². The van der Waals surface area contributed by atoms with Crippen LogP contribution >= 0.6 is 11.3 Å². The van der Waals surface area contributed by atoms with Crippen molar-refractivity contribution in [3.05, 3.63) is 10.6 Å². The van der Waals surface area contributed by atoms with Gasteiger partial charge in [-0.05, 0) is 26.7 Å². The predicted octanol–water partition coefficient (Wildman–Crippen LogP) is 2.71. The Morgan fingerprint density at radius 1 is 1.44 bits per heavy atom. The molecule has 1 fully saturated rings. The lowest BCUT2D eigenvalue weighted by Gasteiger charge is -2.26. The van der Waals surface area contributed by atoms with Crippen molar-refractivity contribution in [1.29, 1.82) is 0 Å². The molecule has 0 aromatic carbocycles. The third kappa shape index (κ3) is 2.23. The summed E-state index contributed by atoms with van der Waals surface area (Å²) in [6, 6.07) is 0.669. The number of aliphatic hydroxyl groups is 1. The molecule has 0 bridgehead atoms. The van der Waals surface area contributed by atoms with E-state index in [0.29, 0.717) is 6.04 Å². The van der Waals surface area contributed by atoms with E-state index in [2.05, 4.69) is 16.8 Å². The van der Waals surface area contributed by atoms with Crippen molar-refractivity contribution < 1.29 is 5.11 Å². The maximum absolute atomic E-state index is 9.20. The van der Waals surface area contributed by atoms with Crippen LogP contribution in [0.3, 0.4) is 0 Å². The van der Waals surface area contributed by atoms with Gasteiger partial charge in [0.05, 0.1) is 17.2 Å². The highest BCUT2D eigenvalue weighted by Gasteiger charge is 2.24. The molecule has 2 rings (SSSR count). The van der Waals surface area contributed by atoms with E-state index in [0.717, 1.165) is 22.2 Å². The normalized spacial score (nSPS) is 16.9. The van der Waals surface area contributed by atoms with Crippen LogP contribution in [0.15, 0.2) is 0 Å². The summed E-state index contributed by atoms with van der Waals surface area (Å²) >= 11 is 1.64. The van der Waals surface area contributed by atoms with Gasteiger partial charge in [-0.15, -0.1) is 0 Å².